The van der Waals surface area contributed by atoms with E-state index in [1.165, 1.54) is 0 Å². The van der Waals surface area contributed by atoms with Crippen molar-refractivity contribution in [3.05, 3.63) is 30.3 Å². The van der Waals surface area contributed by atoms with E-state index in [9.17, 15) is 0 Å². The second-order valence-corrected chi connectivity index (χ2v) is 5.79. The van der Waals surface area contributed by atoms with Gasteiger partial charge in [-0.2, -0.15) is 0 Å². The highest BCUT2D eigenvalue weighted by Gasteiger charge is 2.54. The van der Waals surface area contributed by atoms with Gasteiger partial charge in [-0.05, 0) is 12.1 Å². The van der Waals surface area contributed by atoms with Gasteiger partial charge in [0.2, 0.25) is 0 Å². The zero-order chi connectivity index (χ0) is 14.0. The van der Waals surface area contributed by atoms with Crippen molar-refractivity contribution < 1.29 is 4.74 Å². The van der Waals surface area contributed by atoms with Crippen molar-refractivity contribution in [2.75, 3.05) is 12.4 Å². The molecule has 0 radical (unpaired) electrons. The SMILES string of the molecule is COC1C(C)C(N=C(N)Nc2ccccc2)C1(C)C. The van der Waals surface area contributed by atoms with Crippen LogP contribution >= 0.6 is 0 Å². The Bertz CT molecular complexity index is 456. The van der Waals surface area contributed by atoms with E-state index in [1.807, 2.05) is 30.3 Å². The van der Waals surface area contributed by atoms with Crippen LogP contribution in [0.15, 0.2) is 35.3 Å². The summed E-state index contributed by atoms with van der Waals surface area (Å²) >= 11 is 0. The van der Waals surface area contributed by atoms with Crippen molar-refractivity contribution in [2.24, 2.45) is 22.1 Å². The normalized spacial score (nSPS) is 29.7. The van der Waals surface area contributed by atoms with Gasteiger partial charge in [-0.15, -0.1) is 0 Å². The molecular formula is C15H23N3O. The molecule has 104 valence electrons. The molecule has 19 heavy (non-hydrogen) atoms. The Morgan fingerprint density at radius 1 is 1.32 bits per heavy atom. The zero-order valence-corrected chi connectivity index (χ0v) is 12.1. The van der Waals surface area contributed by atoms with Gasteiger partial charge in [0.1, 0.15) is 0 Å². The highest BCUT2D eigenvalue weighted by Crippen LogP contribution is 2.48. The summed E-state index contributed by atoms with van der Waals surface area (Å²) in [4.78, 5) is 4.61. The minimum atomic E-state index is 0.0250. The molecule has 1 aliphatic carbocycles. The largest absolute Gasteiger partial charge is 0.380 e. The van der Waals surface area contributed by atoms with Gasteiger partial charge in [-0.3, -0.25) is 0 Å². The zero-order valence-electron chi connectivity index (χ0n) is 12.1. The summed E-state index contributed by atoms with van der Waals surface area (Å²) in [5.41, 5.74) is 6.96. The summed E-state index contributed by atoms with van der Waals surface area (Å²) in [6, 6.07) is 10.0. The lowest BCUT2D eigenvalue weighted by Crippen LogP contribution is -2.61. The van der Waals surface area contributed by atoms with Gasteiger partial charge in [-0.1, -0.05) is 39.0 Å². The van der Waals surface area contributed by atoms with Crippen molar-refractivity contribution in [3.8, 4) is 0 Å². The number of benzene rings is 1. The van der Waals surface area contributed by atoms with Gasteiger partial charge in [0, 0.05) is 24.1 Å². The summed E-state index contributed by atoms with van der Waals surface area (Å²) in [6.45, 7) is 6.50. The van der Waals surface area contributed by atoms with Gasteiger partial charge < -0.3 is 15.8 Å². The highest BCUT2D eigenvalue weighted by molar-refractivity contribution is 5.92. The number of para-hydroxylation sites is 1. The summed E-state index contributed by atoms with van der Waals surface area (Å²) in [6.07, 6.45) is 0.241. The summed E-state index contributed by atoms with van der Waals surface area (Å²) < 4.78 is 5.51. The van der Waals surface area contributed by atoms with Crippen LogP contribution in [0.2, 0.25) is 0 Å². The second kappa shape index (κ2) is 5.21. The predicted molar refractivity (Wildman–Crippen MR) is 79.2 cm³/mol. The van der Waals surface area contributed by atoms with Crippen LogP contribution in [-0.4, -0.2) is 25.2 Å². The Morgan fingerprint density at radius 2 is 1.95 bits per heavy atom. The van der Waals surface area contributed by atoms with E-state index < -0.39 is 0 Å². The predicted octanol–water partition coefficient (Wildman–Crippen LogP) is 2.47. The lowest BCUT2D eigenvalue weighted by atomic mass is 9.58. The van der Waals surface area contributed by atoms with E-state index in [0.717, 1.165) is 5.69 Å². The minimum Gasteiger partial charge on any atom is -0.380 e. The molecule has 1 saturated carbocycles. The van der Waals surface area contributed by atoms with Crippen molar-refractivity contribution in [1.82, 2.24) is 0 Å². The van der Waals surface area contributed by atoms with Gasteiger partial charge in [0.15, 0.2) is 5.96 Å². The molecule has 1 fully saturated rings. The number of hydrogen-bond acceptors (Lipinski definition) is 2. The van der Waals surface area contributed by atoms with Crippen molar-refractivity contribution >= 4 is 11.6 Å². The van der Waals surface area contributed by atoms with Crippen LogP contribution in [0.25, 0.3) is 0 Å². The van der Waals surface area contributed by atoms with Crippen molar-refractivity contribution in [3.63, 3.8) is 0 Å². The Kier molecular flexibility index (Phi) is 3.80. The molecule has 0 aliphatic heterocycles. The lowest BCUT2D eigenvalue weighted by Gasteiger charge is -2.54. The maximum absolute atomic E-state index is 5.98. The Labute approximate surface area is 115 Å². The molecule has 1 aromatic rings. The minimum absolute atomic E-state index is 0.0250. The number of aliphatic imine (C=N–C) groups is 1. The smallest absolute Gasteiger partial charge is 0.193 e. The number of nitrogens with zero attached hydrogens (tertiary/aromatic N) is 1. The topological polar surface area (TPSA) is 59.6 Å². The van der Waals surface area contributed by atoms with Crippen LogP contribution in [0.5, 0.6) is 0 Å². The first-order valence-electron chi connectivity index (χ1n) is 6.65. The number of guanidine groups is 1. The Hall–Kier alpha value is -1.55. The summed E-state index contributed by atoms with van der Waals surface area (Å²) in [5.74, 6) is 0.849. The molecule has 4 nitrogen and oxygen atoms in total. The van der Waals surface area contributed by atoms with E-state index in [-0.39, 0.29) is 17.6 Å². The van der Waals surface area contributed by atoms with E-state index >= 15 is 0 Å². The van der Waals surface area contributed by atoms with Gasteiger partial charge in [0.25, 0.3) is 0 Å². The third-order valence-electron chi connectivity index (χ3n) is 4.05. The number of anilines is 1. The average Bonchev–Trinajstić information content (AvgIpc) is 2.37. The molecule has 3 N–H and O–H groups in total. The molecule has 0 bridgehead atoms. The fraction of sp³-hybridized carbons (Fsp3) is 0.533. The molecule has 3 atom stereocenters. The van der Waals surface area contributed by atoms with Crippen LogP contribution in [0.1, 0.15) is 20.8 Å². The molecule has 0 amide bonds. The number of methoxy groups -OCH3 is 1. The first-order valence-corrected chi connectivity index (χ1v) is 6.65. The maximum Gasteiger partial charge on any atom is 0.193 e. The fourth-order valence-electron chi connectivity index (χ4n) is 3.22. The lowest BCUT2D eigenvalue weighted by molar-refractivity contribution is -0.132. The van der Waals surface area contributed by atoms with Crippen LogP contribution in [0.4, 0.5) is 5.69 Å². The van der Waals surface area contributed by atoms with E-state index in [1.54, 1.807) is 7.11 Å². The molecule has 0 aromatic heterocycles. The van der Waals surface area contributed by atoms with Gasteiger partial charge >= 0.3 is 0 Å². The Morgan fingerprint density at radius 3 is 2.47 bits per heavy atom. The van der Waals surface area contributed by atoms with Crippen LogP contribution in [0, 0.1) is 11.3 Å². The molecule has 0 heterocycles. The number of rotatable bonds is 3. The summed E-state index contributed by atoms with van der Waals surface area (Å²) in [7, 11) is 1.76. The molecule has 2 rings (SSSR count). The quantitative estimate of drug-likeness (QED) is 0.649. The second-order valence-electron chi connectivity index (χ2n) is 5.79. The fourth-order valence-corrected chi connectivity index (χ4v) is 3.22. The Balaban J connectivity index is 2.06. The molecular weight excluding hydrogens is 238 g/mol. The third kappa shape index (κ3) is 2.59. The first-order chi connectivity index (χ1) is 8.96. The van der Waals surface area contributed by atoms with E-state index in [2.05, 4.69) is 31.1 Å². The highest BCUT2D eigenvalue weighted by atomic mass is 16.5. The molecule has 1 aromatic carbocycles. The molecule has 0 spiro atoms. The average molecular weight is 261 g/mol. The van der Waals surface area contributed by atoms with Crippen molar-refractivity contribution in [1.29, 1.82) is 0 Å². The van der Waals surface area contributed by atoms with Crippen molar-refractivity contribution in [2.45, 2.75) is 32.9 Å². The van der Waals surface area contributed by atoms with Crippen LogP contribution in [0.3, 0.4) is 0 Å². The monoisotopic (exact) mass is 261 g/mol. The van der Waals surface area contributed by atoms with E-state index in [4.69, 9.17) is 10.5 Å². The number of hydrogen-bond donors (Lipinski definition) is 2. The molecule has 3 unspecified atom stereocenters. The number of nitrogens with two attached hydrogens (primary N) is 1. The van der Waals surface area contributed by atoms with Crippen LogP contribution < -0.4 is 11.1 Å². The molecule has 0 saturated heterocycles. The number of ether oxygens (including phenoxy) is 1. The molecule has 4 heteroatoms. The number of nitrogens with one attached hydrogen (secondary N) is 1. The van der Waals surface area contributed by atoms with Gasteiger partial charge in [0.05, 0.1) is 12.1 Å². The molecule has 1 aliphatic rings. The van der Waals surface area contributed by atoms with E-state index in [0.29, 0.717) is 11.9 Å². The first kappa shape index (κ1) is 13.9. The maximum atomic E-state index is 5.98. The standard InChI is InChI=1S/C15H23N3O/c1-10-12(15(2,3)13(10)19-4)18-14(16)17-11-8-6-5-7-9-11/h5-10,12-13H,1-4H3,(H3,16,17,18). The van der Waals surface area contributed by atoms with Gasteiger partial charge in [-0.25, -0.2) is 4.99 Å². The van der Waals surface area contributed by atoms with Crippen LogP contribution in [-0.2, 0) is 4.74 Å². The summed E-state index contributed by atoms with van der Waals surface area (Å²) in [5, 5.41) is 3.12. The third-order valence-corrected chi connectivity index (χ3v) is 4.05.